The van der Waals surface area contributed by atoms with Gasteiger partial charge >= 0.3 is 0 Å². The van der Waals surface area contributed by atoms with E-state index in [9.17, 15) is 0 Å². The van der Waals surface area contributed by atoms with Crippen LogP contribution >= 0.6 is 11.8 Å². The first-order chi connectivity index (χ1) is 8.31. The summed E-state index contributed by atoms with van der Waals surface area (Å²) in [5.74, 6) is 2.03. The Kier molecular flexibility index (Phi) is 3.87. The van der Waals surface area contributed by atoms with E-state index in [4.69, 9.17) is 9.15 Å². The van der Waals surface area contributed by atoms with Crippen molar-refractivity contribution in [3.8, 4) is 5.88 Å². The molecule has 6 heteroatoms. The van der Waals surface area contributed by atoms with Gasteiger partial charge in [-0.3, -0.25) is 0 Å². The Morgan fingerprint density at radius 3 is 3.00 bits per heavy atom. The maximum absolute atomic E-state index is 5.54. The molecule has 1 N–H and O–H groups in total. The lowest BCUT2D eigenvalue weighted by Gasteiger charge is -2.07. The van der Waals surface area contributed by atoms with E-state index in [0.717, 1.165) is 11.6 Å². The minimum atomic E-state index is 0.362. The van der Waals surface area contributed by atoms with Crippen LogP contribution in [0, 0.1) is 0 Å². The average Bonchev–Trinajstić information content (AvgIpc) is 2.89. The number of aromatic nitrogens is 2. The summed E-state index contributed by atoms with van der Waals surface area (Å²) >= 11 is 1.47. The maximum atomic E-state index is 5.54. The van der Waals surface area contributed by atoms with Gasteiger partial charge in [0.1, 0.15) is 18.2 Å². The Morgan fingerprint density at radius 2 is 2.35 bits per heavy atom. The zero-order chi connectivity index (χ0) is 12.1. The summed E-state index contributed by atoms with van der Waals surface area (Å²) in [4.78, 5) is 8.50. The third kappa shape index (κ3) is 3.13. The van der Waals surface area contributed by atoms with Gasteiger partial charge in [0.05, 0.1) is 6.26 Å². The number of anilines is 1. The van der Waals surface area contributed by atoms with Gasteiger partial charge in [-0.05, 0) is 18.4 Å². The predicted octanol–water partition coefficient (Wildman–Crippen LogP) is 2.41. The molecule has 0 bridgehead atoms. The molecular formula is C11H13N3O2S. The van der Waals surface area contributed by atoms with E-state index >= 15 is 0 Å². The molecule has 2 aromatic heterocycles. The van der Waals surface area contributed by atoms with Crippen LogP contribution in [0.1, 0.15) is 5.76 Å². The van der Waals surface area contributed by atoms with Crippen molar-refractivity contribution in [3.05, 3.63) is 30.2 Å². The van der Waals surface area contributed by atoms with Crippen molar-refractivity contribution in [2.24, 2.45) is 0 Å². The van der Waals surface area contributed by atoms with Crippen LogP contribution in [-0.4, -0.2) is 23.3 Å². The number of nitrogens with one attached hydrogen (secondary N) is 1. The Balaban J connectivity index is 2.09. The smallest absolute Gasteiger partial charge is 0.219 e. The summed E-state index contributed by atoms with van der Waals surface area (Å²) < 4.78 is 10.7. The zero-order valence-electron chi connectivity index (χ0n) is 9.64. The molecule has 2 rings (SSSR count). The molecule has 0 radical (unpaired) electrons. The second-order valence-corrected chi connectivity index (χ2v) is 3.97. The maximum Gasteiger partial charge on any atom is 0.219 e. The third-order valence-corrected chi connectivity index (χ3v) is 2.61. The van der Waals surface area contributed by atoms with E-state index < -0.39 is 0 Å². The number of ether oxygens (including phenoxy) is 1. The minimum absolute atomic E-state index is 0.362. The van der Waals surface area contributed by atoms with Crippen molar-refractivity contribution < 1.29 is 9.15 Å². The molecule has 0 amide bonds. The van der Waals surface area contributed by atoms with Gasteiger partial charge < -0.3 is 14.5 Å². The Hall–Kier alpha value is -1.69. The van der Waals surface area contributed by atoms with Crippen LogP contribution < -0.4 is 10.1 Å². The molecular weight excluding hydrogens is 238 g/mol. The van der Waals surface area contributed by atoms with E-state index in [0.29, 0.717) is 17.6 Å². The fourth-order valence-electron chi connectivity index (χ4n) is 1.24. The van der Waals surface area contributed by atoms with Gasteiger partial charge in [-0.25, -0.2) is 4.98 Å². The van der Waals surface area contributed by atoms with Crippen molar-refractivity contribution in [3.63, 3.8) is 0 Å². The monoisotopic (exact) mass is 251 g/mol. The minimum Gasteiger partial charge on any atom is -0.469 e. The first-order valence-corrected chi connectivity index (χ1v) is 6.30. The molecule has 0 fully saturated rings. The molecule has 0 aliphatic heterocycles. The molecule has 2 aromatic rings. The van der Waals surface area contributed by atoms with Gasteiger partial charge in [0.15, 0.2) is 5.16 Å². The van der Waals surface area contributed by atoms with Crippen LogP contribution in [0.4, 0.5) is 5.82 Å². The largest absolute Gasteiger partial charge is 0.469 e. The number of furan rings is 1. The zero-order valence-corrected chi connectivity index (χ0v) is 10.5. The van der Waals surface area contributed by atoms with Crippen molar-refractivity contribution in [1.82, 2.24) is 9.97 Å². The van der Waals surface area contributed by atoms with E-state index in [1.807, 2.05) is 25.4 Å². The average molecular weight is 251 g/mol. The van der Waals surface area contributed by atoms with E-state index in [1.54, 1.807) is 12.3 Å². The summed E-state index contributed by atoms with van der Waals surface area (Å²) in [6.45, 7) is 0.362. The molecule has 0 aromatic carbocycles. The summed E-state index contributed by atoms with van der Waals surface area (Å²) in [6, 6.07) is 5.43. The summed E-state index contributed by atoms with van der Waals surface area (Å²) in [7, 11) is 1.81. The molecule has 0 spiro atoms. The van der Waals surface area contributed by atoms with Gasteiger partial charge in [-0.15, -0.1) is 0 Å². The lowest BCUT2D eigenvalue weighted by molar-refractivity contribution is 0.258. The van der Waals surface area contributed by atoms with Crippen LogP contribution in [0.25, 0.3) is 0 Å². The SMILES string of the molecule is CNc1cc(OCc2ccco2)nc(SC)n1. The van der Waals surface area contributed by atoms with E-state index in [2.05, 4.69) is 15.3 Å². The van der Waals surface area contributed by atoms with Crippen molar-refractivity contribution in [1.29, 1.82) is 0 Å². The van der Waals surface area contributed by atoms with Gasteiger partial charge in [0, 0.05) is 13.1 Å². The van der Waals surface area contributed by atoms with E-state index in [-0.39, 0.29) is 0 Å². The lowest BCUT2D eigenvalue weighted by atomic mass is 10.5. The predicted molar refractivity (Wildman–Crippen MR) is 66.4 cm³/mol. The third-order valence-electron chi connectivity index (χ3n) is 2.06. The number of nitrogens with zero attached hydrogens (tertiary/aromatic N) is 2. The number of thioether (sulfide) groups is 1. The fourth-order valence-corrected chi connectivity index (χ4v) is 1.61. The van der Waals surface area contributed by atoms with E-state index in [1.165, 1.54) is 11.8 Å². The first-order valence-electron chi connectivity index (χ1n) is 5.08. The molecule has 0 aliphatic rings. The van der Waals surface area contributed by atoms with Crippen molar-refractivity contribution >= 4 is 17.6 Å². The van der Waals surface area contributed by atoms with Crippen LogP contribution in [0.5, 0.6) is 5.88 Å². The Morgan fingerprint density at radius 1 is 1.47 bits per heavy atom. The van der Waals surface area contributed by atoms with Crippen LogP contribution in [0.2, 0.25) is 0 Å². The molecule has 0 saturated heterocycles. The van der Waals surface area contributed by atoms with Crippen LogP contribution in [0.3, 0.4) is 0 Å². The summed E-state index contributed by atoms with van der Waals surface area (Å²) in [6.07, 6.45) is 3.54. The van der Waals surface area contributed by atoms with Crippen molar-refractivity contribution in [2.75, 3.05) is 18.6 Å². The number of hydrogen-bond acceptors (Lipinski definition) is 6. The van der Waals surface area contributed by atoms with Gasteiger partial charge in [0.2, 0.25) is 5.88 Å². The normalized spacial score (nSPS) is 10.2. The second-order valence-electron chi connectivity index (χ2n) is 3.20. The quantitative estimate of drug-likeness (QED) is 0.650. The van der Waals surface area contributed by atoms with Gasteiger partial charge in [0.25, 0.3) is 0 Å². The van der Waals surface area contributed by atoms with Gasteiger partial charge in [-0.2, -0.15) is 4.98 Å². The van der Waals surface area contributed by atoms with Crippen LogP contribution in [0.15, 0.2) is 34.0 Å². The molecule has 5 nitrogen and oxygen atoms in total. The fraction of sp³-hybridized carbons (Fsp3) is 0.273. The molecule has 17 heavy (non-hydrogen) atoms. The van der Waals surface area contributed by atoms with Crippen LogP contribution in [-0.2, 0) is 6.61 Å². The molecule has 0 atom stereocenters. The Bertz CT molecular complexity index is 451. The highest BCUT2D eigenvalue weighted by molar-refractivity contribution is 7.98. The standard InChI is InChI=1S/C11H13N3O2S/c1-12-9-6-10(14-11(13-9)17-2)16-7-8-4-3-5-15-8/h3-6H,7H2,1-2H3,(H,12,13,14). The van der Waals surface area contributed by atoms with Gasteiger partial charge in [-0.1, -0.05) is 11.8 Å². The molecule has 0 aliphatic carbocycles. The molecule has 0 unspecified atom stereocenters. The summed E-state index contributed by atoms with van der Waals surface area (Å²) in [5.41, 5.74) is 0. The first kappa shape index (κ1) is 11.8. The molecule has 90 valence electrons. The highest BCUT2D eigenvalue weighted by Gasteiger charge is 2.05. The summed E-state index contributed by atoms with van der Waals surface area (Å²) in [5, 5.41) is 3.64. The lowest BCUT2D eigenvalue weighted by Crippen LogP contribution is -2.01. The molecule has 0 saturated carbocycles. The topological polar surface area (TPSA) is 60.2 Å². The molecule has 2 heterocycles. The Labute approximate surface area is 104 Å². The second kappa shape index (κ2) is 5.58. The highest BCUT2D eigenvalue weighted by Crippen LogP contribution is 2.19. The number of hydrogen-bond donors (Lipinski definition) is 1. The van der Waals surface area contributed by atoms with Crippen molar-refractivity contribution in [2.45, 2.75) is 11.8 Å². The highest BCUT2D eigenvalue weighted by atomic mass is 32.2. The number of rotatable bonds is 5.